The normalized spacial score (nSPS) is 16.2. The third kappa shape index (κ3) is 4.53. The van der Waals surface area contributed by atoms with Gasteiger partial charge in [0.25, 0.3) is 11.8 Å². The number of rotatable bonds is 5. The van der Waals surface area contributed by atoms with Crippen LogP contribution in [0.2, 0.25) is 0 Å². The molecule has 0 spiro atoms. The fourth-order valence-corrected chi connectivity index (χ4v) is 2.85. The molecule has 6 heteroatoms. The van der Waals surface area contributed by atoms with Gasteiger partial charge in [-0.05, 0) is 60.6 Å². The number of para-hydroxylation sites is 1. The van der Waals surface area contributed by atoms with Crippen molar-refractivity contribution in [3.63, 3.8) is 0 Å². The Morgan fingerprint density at radius 3 is 2.29 bits per heavy atom. The Morgan fingerprint density at radius 1 is 1.00 bits per heavy atom. The second kappa shape index (κ2) is 8.63. The number of hydrogen-bond acceptors (Lipinski definition) is 4. The Labute approximate surface area is 169 Å². The molecule has 1 saturated heterocycles. The number of ether oxygens (including phenoxy) is 1. The molecule has 28 heavy (non-hydrogen) atoms. The van der Waals surface area contributed by atoms with Gasteiger partial charge in [-0.3, -0.25) is 19.8 Å². The summed E-state index contributed by atoms with van der Waals surface area (Å²) in [6.07, 6.45) is 5.13. The number of hydrogen-bond donors (Lipinski definition) is 1. The van der Waals surface area contributed by atoms with Crippen LogP contribution in [0.4, 0.5) is 5.69 Å². The molecule has 1 heterocycles. The van der Waals surface area contributed by atoms with Crippen molar-refractivity contribution in [2.45, 2.75) is 13.8 Å². The first-order valence-electron chi connectivity index (χ1n) is 8.87. The van der Waals surface area contributed by atoms with Crippen LogP contribution in [0.1, 0.15) is 13.8 Å². The number of carbonyl (C=O) groups is 2. The second-order valence-electron chi connectivity index (χ2n) is 6.52. The van der Waals surface area contributed by atoms with E-state index in [1.165, 1.54) is 11.0 Å². The van der Waals surface area contributed by atoms with Gasteiger partial charge in [0.15, 0.2) is 5.11 Å². The number of thiocarbonyl (C=S) groups is 1. The second-order valence-corrected chi connectivity index (χ2v) is 6.90. The summed E-state index contributed by atoms with van der Waals surface area (Å²) in [5.74, 6) is 0.703. The lowest BCUT2D eigenvalue weighted by atomic mass is 10.1. The van der Waals surface area contributed by atoms with Crippen LogP contribution in [0.25, 0.3) is 0 Å². The average molecular weight is 392 g/mol. The predicted octanol–water partition coefficient (Wildman–Crippen LogP) is 4.37. The van der Waals surface area contributed by atoms with Crippen molar-refractivity contribution in [2.24, 2.45) is 5.92 Å². The van der Waals surface area contributed by atoms with Crippen LogP contribution < -0.4 is 15.0 Å². The highest BCUT2D eigenvalue weighted by Crippen LogP contribution is 2.26. The number of nitrogens with zero attached hydrogens (tertiary/aromatic N) is 1. The minimum absolute atomic E-state index is 0.0371. The van der Waals surface area contributed by atoms with E-state index in [1.807, 2.05) is 50.3 Å². The summed E-state index contributed by atoms with van der Waals surface area (Å²) in [7, 11) is 0. The first-order chi connectivity index (χ1) is 13.5. The molecule has 0 radical (unpaired) electrons. The molecule has 1 fully saturated rings. The molecule has 3 rings (SSSR count). The topological polar surface area (TPSA) is 58.6 Å². The third-order valence-electron chi connectivity index (χ3n) is 3.93. The minimum Gasteiger partial charge on any atom is -0.457 e. The molecule has 1 aliphatic rings. The van der Waals surface area contributed by atoms with Gasteiger partial charge in [-0.1, -0.05) is 44.2 Å². The first-order valence-corrected chi connectivity index (χ1v) is 9.28. The minimum atomic E-state index is -0.497. The number of nitrogens with one attached hydrogen (secondary N) is 1. The quantitative estimate of drug-likeness (QED) is 0.466. The van der Waals surface area contributed by atoms with Crippen molar-refractivity contribution >= 4 is 34.8 Å². The van der Waals surface area contributed by atoms with E-state index < -0.39 is 11.8 Å². The first kappa shape index (κ1) is 19.5. The number of benzene rings is 2. The Kier molecular flexibility index (Phi) is 6.01. The summed E-state index contributed by atoms with van der Waals surface area (Å²) >= 11 is 5.20. The highest BCUT2D eigenvalue weighted by Gasteiger charge is 2.34. The standard InChI is InChI=1S/C22H20N2O3S/c1-15(2)7-6-10-19-20(25)23-22(28)24(21(19)26)16-11-13-18(14-12-16)27-17-8-4-3-5-9-17/h3-15H,1-2H3,(H,23,25,28)/b7-6+,19-10+. The maximum absolute atomic E-state index is 12.8. The van der Waals surface area contributed by atoms with Gasteiger partial charge in [0.2, 0.25) is 0 Å². The molecule has 5 nitrogen and oxygen atoms in total. The molecule has 2 aromatic carbocycles. The Hall–Kier alpha value is -3.25. The summed E-state index contributed by atoms with van der Waals surface area (Å²) in [6.45, 7) is 4.02. The van der Waals surface area contributed by atoms with Crippen LogP contribution >= 0.6 is 12.2 Å². The molecule has 142 valence electrons. The van der Waals surface area contributed by atoms with Gasteiger partial charge in [0.1, 0.15) is 17.1 Å². The zero-order chi connectivity index (χ0) is 20.1. The van der Waals surface area contributed by atoms with Gasteiger partial charge in [0.05, 0.1) is 5.69 Å². The Bertz CT molecular complexity index is 948. The molecule has 0 bridgehead atoms. The molecule has 0 atom stereocenters. The molecular weight excluding hydrogens is 372 g/mol. The van der Waals surface area contributed by atoms with Crippen molar-refractivity contribution in [3.05, 3.63) is 78.4 Å². The number of amides is 2. The Morgan fingerprint density at radius 2 is 1.64 bits per heavy atom. The largest absolute Gasteiger partial charge is 0.457 e. The maximum atomic E-state index is 12.8. The van der Waals surface area contributed by atoms with Crippen LogP contribution in [0.5, 0.6) is 11.5 Å². The number of allylic oxidation sites excluding steroid dienone is 3. The number of anilines is 1. The Balaban J connectivity index is 1.82. The van der Waals surface area contributed by atoms with E-state index in [0.29, 0.717) is 23.1 Å². The summed E-state index contributed by atoms with van der Waals surface area (Å²) in [5, 5.41) is 2.62. The zero-order valence-corrected chi connectivity index (χ0v) is 16.4. The fourth-order valence-electron chi connectivity index (χ4n) is 2.57. The van der Waals surface area contributed by atoms with Gasteiger partial charge in [0, 0.05) is 0 Å². The van der Waals surface area contributed by atoms with Crippen LogP contribution in [0.3, 0.4) is 0 Å². The van der Waals surface area contributed by atoms with Crippen LogP contribution in [-0.2, 0) is 9.59 Å². The fraction of sp³-hybridized carbons (Fsp3) is 0.136. The highest BCUT2D eigenvalue weighted by molar-refractivity contribution is 7.80. The predicted molar refractivity (Wildman–Crippen MR) is 113 cm³/mol. The smallest absolute Gasteiger partial charge is 0.270 e. The van der Waals surface area contributed by atoms with E-state index >= 15 is 0 Å². The van der Waals surface area contributed by atoms with E-state index in [9.17, 15) is 9.59 Å². The summed E-state index contributed by atoms with van der Waals surface area (Å²) < 4.78 is 5.76. The summed E-state index contributed by atoms with van der Waals surface area (Å²) in [5.41, 5.74) is 0.587. The van der Waals surface area contributed by atoms with E-state index in [-0.39, 0.29) is 10.7 Å². The molecule has 1 aliphatic heterocycles. The molecule has 0 unspecified atom stereocenters. The van der Waals surface area contributed by atoms with Crippen molar-refractivity contribution in [1.82, 2.24) is 5.32 Å². The van der Waals surface area contributed by atoms with Crippen LogP contribution in [-0.4, -0.2) is 16.9 Å². The monoisotopic (exact) mass is 392 g/mol. The van der Waals surface area contributed by atoms with Crippen LogP contribution in [0, 0.1) is 5.92 Å². The molecule has 0 aromatic heterocycles. The van der Waals surface area contributed by atoms with E-state index in [1.54, 1.807) is 30.3 Å². The van der Waals surface area contributed by atoms with E-state index in [2.05, 4.69) is 5.32 Å². The van der Waals surface area contributed by atoms with Crippen molar-refractivity contribution in [2.75, 3.05) is 4.90 Å². The lowest BCUT2D eigenvalue weighted by Crippen LogP contribution is -2.54. The van der Waals surface area contributed by atoms with Crippen molar-refractivity contribution in [3.8, 4) is 11.5 Å². The lowest BCUT2D eigenvalue weighted by Gasteiger charge is -2.28. The number of carbonyl (C=O) groups excluding carboxylic acids is 2. The third-order valence-corrected chi connectivity index (χ3v) is 4.22. The van der Waals surface area contributed by atoms with Gasteiger partial charge >= 0.3 is 0 Å². The molecule has 1 N–H and O–H groups in total. The summed E-state index contributed by atoms with van der Waals surface area (Å²) in [6, 6.07) is 16.3. The average Bonchev–Trinajstić information content (AvgIpc) is 2.66. The zero-order valence-electron chi connectivity index (χ0n) is 15.6. The SMILES string of the molecule is CC(C)/C=C/C=C1\C(=O)NC(=S)N(c2ccc(Oc3ccccc3)cc2)C1=O. The van der Waals surface area contributed by atoms with Crippen LogP contribution in [0.15, 0.2) is 78.4 Å². The van der Waals surface area contributed by atoms with Crippen molar-refractivity contribution < 1.29 is 14.3 Å². The summed E-state index contributed by atoms with van der Waals surface area (Å²) in [4.78, 5) is 26.3. The highest BCUT2D eigenvalue weighted by atomic mass is 32.1. The van der Waals surface area contributed by atoms with Gasteiger partial charge in [-0.25, -0.2) is 0 Å². The van der Waals surface area contributed by atoms with E-state index in [4.69, 9.17) is 17.0 Å². The van der Waals surface area contributed by atoms with Gasteiger partial charge in [-0.2, -0.15) is 0 Å². The maximum Gasteiger partial charge on any atom is 0.270 e. The van der Waals surface area contributed by atoms with E-state index in [0.717, 1.165) is 0 Å². The molecule has 0 aliphatic carbocycles. The van der Waals surface area contributed by atoms with Gasteiger partial charge in [-0.15, -0.1) is 0 Å². The molecule has 0 saturated carbocycles. The van der Waals surface area contributed by atoms with Gasteiger partial charge < -0.3 is 4.74 Å². The lowest BCUT2D eigenvalue weighted by molar-refractivity contribution is -0.122. The molecule has 2 amide bonds. The molecular formula is C22H20N2O3S. The molecule has 2 aromatic rings. The van der Waals surface area contributed by atoms with Crippen molar-refractivity contribution in [1.29, 1.82) is 0 Å².